The average Bonchev–Trinajstić information content (AvgIpc) is 2.44. The summed E-state index contributed by atoms with van der Waals surface area (Å²) >= 11 is 0. The molecule has 104 valence electrons. The van der Waals surface area contributed by atoms with Gasteiger partial charge < -0.3 is 0 Å². The molecule has 0 bridgehead atoms. The zero-order chi connectivity index (χ0) is 14.5. The molecule has 0 radical (unpaired) electrons. The SMILES string of the molecule is CC=Cc1c(C)cc(-c2ncc(CCC)cn2)cc1C. The number of benzene rings is 1. The normalized spacial score (nSPS) is 11.2. The van der Waals surface area contributed by atoms with Gasteiger partial charge in [0.15, 0.2) is 5.82 Å². The number of hydrogen-bond acceptors (Lipinski definition) is 2. The Morgan fingerprint density at radius 1 is 1.05 bits per heavy atom. The van der Waals surface area contributed by atoms with Crippen LogP contribution in [0.1, 0.15) is 42.5 Å². The number of hydrogen-bond donors (Lipinski definition) is 0. The van der Waals surface area contributed by atoms with Crippen LogP contribution in [0.3, 0.4) is 0 Å². The molecule has 0 unspecified atom stereocenters. The zero-order valence-corrected chi connectivity index (χ0v) is 12.8. The number of rotatable bonds is 4. The predicted molar refractivity (Wildman–Crippen MR) is 85.6 cm³/mol. The quantitative estimate of drug-likeness (QED) is 0.798. The second-order valence-electron chi connectivity index (χ2n) is 5.19. The van der Waals surface area contributed by atoms with Crippen molar-refractivity contribution in [3.05, 3.63) is 52.9 Å². The van der Waals surface area contributed by atoms with Gasteiger partial charge in [0, 0.05) is 18.0 Å². The van der Waals surface area contributed by atoms with E-state index in [0.29, 0.717) is 0 Å². The molecule has 0 saturated heterocycles. The van der Waals surface area contributed by atoms with Crippen LogP contribution in [-0.2, 0) is 6.42 Å². The first-order valence-corrected chi connectivity index (χ1v) is 7.21. The molecule has 0 spiro atoms. The first-order valence-electron chi connectivity index (χ1n) is 7.21. The topological polar surface area (TPSA) is 25.8 Å². The van der Waals surface area contributed by atoms with Crippen molar-refractivity contribution in [2.24, 2.45) is 0 Å². The van der Waals surface area contributed by atoms with Crippen LogP contribution in [0.2, 0.25) is 0 Å². The van der Waals surface area contributed by atoms with E-state index in [-0.39, 0.29) is 0 Å². The van der Waals surface area contributed by atoms with Crippen LogP contribution in [0.5, 0.6) is 0 Å². The minimum Gasteiger partial charge on any atom is -0.236 e. The van der Waals surface area contributed by atoms with Crippen molar-refractivity contribution >= 4 is 6.08 Å². The Labute approximate surface area is 121 Å². The molecule has 20 heavy (non-hydrogen) atoms. The molecule has 2 aromatic rings. The van der Waals surface area contributed by atoms with E-state index in [1.807, 2.05) is 19.3 Å². The Kier molecular flexibility index (Phi) is 4.67. The molecule has 2 rings (SSSR count). The Hall–Kier alpha value is -1.96. The lowest BCUT2D eigenvalue weighted by molar-refractivity contribution is 0.902. The second-order valence-corrected chi connectivity index (χ2v) is 5.19. The number of allylic oxidation sites excluding steroid dienone is 1. The van der Waals surface area contributed by atoms with Crippen molar-refractivity contribution in [2.75, 3.05) is 0 Å². The van der Waals surface area contributed by atoms with Gasteiger partial charge in [-0.25, -0.2) is 9.97 Å². The summed E-state index contributed by atoms with van der Waals surface area (Å²) in [5.41, 5.74) is 6.11. The number of aryl methyl sites for hydroxylation is 3. The number of nitrogens with zero attached hydrogens (tertiary/aromatic N) is 2. The molecule has 0 aliphatic rings. The molecule has 1 heterocycles. The van der Waals surface area contributed by atoms with Gasteiger partial charge in [-0.15, -0.1) is 0 Å². The largest absolute Gasteiger partial charge is 0.236 e. The Balaban J connectivity index is 2.38. The van der Waals surface area contributed by atoms with Crippen LogP contribution in [0.25, 0.3) is 17.5 Å². The van der Waals surface area contributed by atoms with Crippen molar-refractivity contribution in [3.8, 4) is 11.4 Å². The van der Waals surface area contributed by atoms with Crippen molar-refractivity contribution in [1.29, 1.82) is 0 Å². The van der Waals surface area contributed by atoms with E-state index < -0.39 is 0 Å². The fraction of sp³-hybridized carbons (Fsp3) is 0.333. The summed E-state index contributed by atoms with van der Waals surface area (Å²) in [7, 11) is 0. The highest BCUT2D eigenvalue weighted by Gasteiger charge is 2.06. The van der Waals surface area contributed by atoms with Crippen molar-refractivity contribution in [1.82, 2.24) is 9.97 Å². The Morgan fingerprint density at radius 3 is 2.15 bits per heavy atom. The predicted octanol–water partition coefficient (Wildman–Crippen LogP) is 4.75. The van der Waals surface area contributed by atoms with Crippen molar-refractivity contribution < 1.29 is 0 Å². The maximum Gasteiger partial charge on any atom is 0.159 e. The van der Waals surface area contributed by atoms with Gasteiger partial charge >= 0.3 is 0 Å². The third-order valence-electron chi connectivity index (χ3n) is 3.43. The summed E-state index contributed by atoms with van der Waals surface area (Å²) in [6.07, 6.45) is 10.3. The van der Waals surface area contributed by atoms with Gasteiger partial charge in [-0.05, 0) is 61.6 Å². The Morgan fingerprint density at radius 2 is 1.65 bits per heavy atom. The van der Waals surface area contributed by atoms with Crippen LogP contribution >= 0.6 is 0 Å². The van der Waals surface area contributed by atoms with Gasteiger partial charge in [0.1, 0.15) is 0 Å². The summed E-state index contributed by atoms with van der Waals surface area (Å²) in [5, 5.41) is 0. The average molecular weight is 266 g/mol. The Bertz CT molecular complexity index is 587. The lowest BCUT2D eigenvalue weighted by atomic mass is 9.98. The van der Waals surface area contributed by atoms with E-state index in [9.17, 15) is 0 Å². The summed E-state index contributed by atoms with van der Waals surface area (Å²) in [4.78, 5) is 8.99. The van der Waals surface area contributed by atoms with E-state index in [4.69, 9.17) is 0 Å². The fourth-order valence-electron chi connectivity index (χ4n) is 2.45. The van der Waals surface area contributed by atoms with Gasteiger partial charge in [-0.1, -0.05) is 25.5 Å². The van der Waals surface area contributed by atoms with Crippen LogP contribution < -0.4 is 0 Å². The van der Waals surface area contributed by atoms with Crippen LogP contribution in [-0.4, -0.2) is 9.97 Å². The molecule has 2 nitrogen and oxygen atoms in total. The molecule has 0 atom stereocenters. The molecule has 1 aromatic heterocycles. The van der Waals surface area contributed by atoms with Crippen LogP contribution in [0, 0.1) is 13.8 Å². The van der Waals surface area contributed by atoms with Gasteiger partial charge in [0.25, 0.3) is 0 Å². The molecular weight excluding hydrogens is 244 g/mol. The lowest BCUT2D eigenvalue weighted by Gasteiger charge is -2.09. The van der Waals surface area contributed by atoms with Crippen LogP contribution in [0.4, 0.5) is 0 Å². The second kappa shape index (κ2) is 6.47. The van der Waals surface area contributed by atoms with Gasteiger partial charge in [-0.2, -0.15) is 0 Å². The standard InChI is InChI=1S/C18H22N2/c1-5-7-15-11-19-18(20-12-15)16-9-13(3)17(8-6-2)14(4)10-16/h6,8-12H,5,7H2,1-4H3. The molecule has 0 saturated carbocycles. The molecule has 0 aliphatic carbocycles. The smallest absolute Gasteiger partial charge is 0.159 e. The van der Waals surface area contributed by atoms with E-state index in [1.54, 1.807) is 0 Å². The molecule has 2 heteroatoms. The molecule has 0 fully saturated rings. The first-order chi connectivity index (χ1) is 9.65. The molecule has 0 N–H and O–H groups in total. The van der Waals surface area contributed by atoms with Gasteiger partial charge in [0.2, 0.25) is 0 Å². The monoisotopic (exact) mass is 266 g/mol. The zero-order valence-electron chi connectivity index (χ0n) is 12.8. The molecular formula is C18H22N2. The van der Waals surface area contributed by atoms with Crippen molar-refractivity contribution in [3.63, 3.8) is 0 Å². The summed E-state index contributed by atoms with van der Waals surface area (Å²) in [6.45, 7) is 8.48. The van der Waals surface area contributed by atoms with E-state index in [0.717, 1.165) is 24.2 Å². The fourth-order valence-corrected chi connectivity index (χ4v) is 2.45. The third-order valence-corrected chi connectivity index (χ3v) is 3.43. The minimum absolute atomic E-state index is 0.808. The van der Waals surface area contributed by atoms with E-state index in [1.165, 1.54) is 22.3 Å². The molecule has 0 amide bonds. The summed E-state index contributed by atoms with van der Waals surface area (Å²) in [6, 6.07) is 4.33. The number of aromatic nitrogens is 2. The highest BCUT2D eigenvalue weighted by molar-refractivity contribution is 5.66. The van der Waals surface area contributed by atoms with E-state index >= 15 is 0 Å². The maximum atomic E-state index is 4.50. The van der Waals surface area contributed by atoms with Gasteiger partial charge in [0.05, 0.1) is 0 Å². The summed E-state index contributed by atoms with van der Waals surface area (Å²) in [5.74, 6) is 0.808. The maximum absolute atomic E-state index is 4.50. The third kappa shape index (κ3) is 3.13. The highest BCUT2D eigenvalue weighted by atomic mass is 14.9. The first kappa shape index (κ1) is 14.4. The highest BCUT2D eigenvalue weighted by Crippen LogP contribution is 2.23. The van der Waals surface area contributed by atoms with Gasteiger partial charge in [-0.3, -0.25) is 0 Å². The molecule has 0 aliphatic heterocycles. The minimum atomic E-state index is 0.808. The van der Waals surface area contributed by atoms with E-state index in [2.05, 4.69) is 55.0 Å². The summed E-state index contributed by atoms with van der Waals surface area (Å²) < 4.78 is 0. The lowest BCUT2D eigenvalue weighted by Crippen LogP contribution is -1.95. The van der Waals surface area contributed by atoms with Crippen LogP contribution in [0.15, 0.2) is 30.6 Å². The van der Waals surface area contributed by atoms with Crippen molar-refractivity contribution in [2.45, 2.75) is 40.5 Å². The molecule has 1 aromatic carbocycles.